The fourth-order valence-corrected chi connectivity index (χ4v) is 4.83. The van der Waals surface area contributed by atoms with Crippen molar-refractivity contribution in [3.8, 4) is 22.5 Å². The van der Waals surface area contributed by atoms with Gasteiger partial charge in [-0.15, -0.1) is 0 Å². The number of nitrogens with zero attached hydrogens (tertiary/aromatic N) is 6. The van der Waals surface area contributed by atoms with Gasteiger partial charge in [0.25, 0.3) is 5.91 Å². The molecular formula is C27H31FN6O. The van der Waals surface area contributed by atoms with Crippen LogP contribution >= 0.6 is 0 Å². The van der Waals surface area contributed by atoms with Crippen LogP contribution < -0.4 is 0 Å². The van der Waals surface area contributed by atoms with Gasteiger partial charge in [-0.25, -0.2) is 18.9 Å². The van der Waals surface area contributed by atoms with Crippen molar-refractivity contribution in [2.45, 2.75) is 58.9 Å². The van der Waals surface area contributed by atoms with Gasteiger partial charge in [0.05, 0.1) is 11.4 Å². The number of hydrogen-bond acceptors (Lipinski definition) is 4. The van der Waals surface area contributed by atoms with E-state index in [1.165, 1.54) is 6.07 Å². The molecule has 4 aromatic rings. The van der Waals surface area contributed by atoms with E-state index in [1.807, 2.05) is 48.7 Å². The van der Waals surface area contributed by atoms with E-state index in [2.05, 4.69) is 22.0 Å². The quantitative estimate of drug-likeness (QED) is 0.407. The molecule has 1 unspecified atom stereocenters. The van der Waals surface area contributed by atoms with E-state index in [0.29, 0.717) is 34.6 Å². The van der Waals surface area contributed by atoms with E-state index in [9.17, 15) is 4.79 Å². The third-order valence-corrected chi connectivity index (χ3v) is 7.05. The molecule has 1 fully saturated rings. The first-order valence-corrected chi connectivity index (χ1v) is 12.4. The fourth-order valence-electron chi connectivity index (χ4n) is 4.83. The molecule has 1 aromatic carbocycles. The fraction of sp³-hybridized carbons (Fsp3) is 0.407. The van der Waals surface area contributed by atoms with Crippen LogP contribution in [0.2, 0.25) is 0 Å². The van der Waals surface area contributed by atoms with Gasteiger partial charge in [0.1, 0.15) is 17.3 Å². The van der Waals surface area contributed by atoms with Gasteiger partial charge < -0.3 is 9.47 Å². The Morgan fingerprint density at radius 2 is 1.94 bits per heavy atom. The Morgan fingerprint density at radius 3 is 2.66 bits per heavy atom. The summed E-state index contributed by atoms with van der Waals surface area (Å²) < 4.78 is 18.8. The summed E-state index contributed by atoms with van der Waals surface area (Å²) in [5.41, 5.74) is 4.17. The number of aryl methyl sites for hydroxylation is 3. The van der Waals surface area contributed by atoms with E-state index in [4.69, 9.17) is 0 Å². The van der Waals surface area contributed by atoms with Crippen LogP contribution in [0, 0.1) is 12.7 Å². The highest BCUT2D eigenvalue weighted by Crippen LogP contribution is 2.28. The van der Waals surface area contributed by atoms with Crippen molar-refractivity contribution < 1.29 is 9.18 Å². The minimum atomic E-state index is -0.373. The lowest BCUT2D eigenvalue weighted by atomic mass is 10.1. The first-order valence-electron chi connectivity index (χ1n) is 12.4. The zero-order chi connectivity index (χ0) is 24.7. The number of likely N-dealkylation sites (tertiary alicyclic amines) is 1. The van der Waals surface area contributed by atoms with Crippen molar-refractivity contribution in [2.24, 2.45) is 7.05 Å². The number of aromatic nitrogens is 5. The molecule has 0 bridgehead atoms. The smallest absolute Gasteiger partial charge is 0.272 e. The van der Waals surface area contributed by atoms with E-state index in [-0.39, 0.29) is 17.8 Å². The summed E-state index contributed by atoms with van der Waals surface area (Å²) in [5, 5.41) is 4.65. The van der Waals surface area contributed by atoms with Crippen LogP contribution in [-0.4, -0.2) is 47.5 Å². The third-order valence-electron chi connectivity index (χ3n) is 7.05. The second-order valence-corrected chi connectivity index (χ2v) is 9.46. The molecule has 1 aliphatic heterocycles. The van der Waals surface area contributed by atoms with Gasteiger partial charge in [0.2, 0.25) is 0 Å². The lowest BCUT2D eigenvalue weighted by Crippen LogP contribution is -2.38. The first kappa shape index (κ1) is 23.2. The van der Waals surface area contributed by atoms with Crippen LogP contribution in [0.15, 0.2) is 36.5 Å². The van der Waals surface area contributed by atoms with Crippen LogP contribution in [-0.2, 0) is 13.5 Å². The molecule has 1 saturated heterocycles. The van der Waals surface area contributed by atoms with Crippen molar-refractivity contribution in [1.82, 2.24) is 29.0 Å². The molecule has 0 spiro atoms. The standard InChI is InChI=1S/C27H31FN6O/c1-5-20-14-24(27(35)33-12-8-6-7-9-17(33)2)30-26-15-23(31-34(20)26)21-11-10-19(13-22(21)28)25-16-32(4)18(3)29-25/h10-11,13-17H,5-9,12H2,1-4H3. The predicted molar refractivity (Wildman–Crippen MR) is 134 cm³/mol. The summed E-state index contributed by atoms with van der Waals surface area (Å²) in [6, 6.07) is 8.85. The molecule has 0 radical (unpaired) electrons. The van der Waals surface area contributed by atoms with Crippen molar-refractivity contribution in [1.29, 1.82) is 0 Å². The lowest BCUT2D eigenvalue weighted by molar-refractivity contribution is 0.0692. The van der Waals surface area contributed by atoms with Gasteiger partial charge in [0.15, 0.2) is 5.65 Å². The van der Waals surface area contributed by atoms with Crippen LogP contribution in [0.1, 0.15) is 61.5 Å². The van der Waals surface area contributed by atoms with Crippen molar-refractivity contribution in [3.05, 3.63) is 59.6 Å². The Morgan fingerprint density at radius 1 is 1.11 bits per heavy atom. The summed E-state index contributed by atoms with van der Waals surface area (Å²) in [5.74, 6) is 0.449. The van der Waals surface area contributed by atoms with E-state index in [1.54, 1.807) is 16.6 Å². The number of hydrogen-bond donors (Lipinski definition) is 0. The van der Waals surface area contributed by atoms with Gasteiger partial charge in [-0.2, -0.15) is 5.10 Å². The van der Waals surface area contributed by atoms with Gasteiger partial charge in [-0.3, -0.25) is 4.79 Å². The molecule has 0 N–H and O–H groups in total. The Kier molecular flexibility index (Phi) is 6.13. The number of fused-ring (bicyclic) bond motifs is 1. The minimum absolute atomic E-state index is 0.0412. The van der Waals surface area contributed by atoms with Crippen molar-refractivity contribution >= 4 is 11.6 Å². The zero-order valence-corrected chi connectivity index (χ0v) is 20.8. The van der Waals surface area contributed by atoms with Gasteiger partial charge >= 0.3 is 0 Å². The van der Waals surface area contributed by atoms with Gasteiger partial charge in [-0.05, 0) is 51.3 Å². The highest BCUT2D eigenvalue weighted by Gasteiger charge is 2.25. The van der Waals surface area contributed by atoms with E-state index in [0.717, 1.165) is 49.4 Å². The molecule has 1 atom stereocenters. The maximum Gasteiger partial charge on any atom is 0.272 e. The van der Waals surface area contributed by atoms with Crippen LogP contribution in [0.5, 0.6) is 0 Å². The molecule has 8 heteroatoms. The average molecular weight is 475 g/mol. The number of benzene rings is 1. The molecule has 182 valence electrons. The Hall–Kier alpha value is -3.55. The summed E-state index contributed by atoms with van der Waals surface area (Å²) in [7, 11) is 1.91. The molecule has 35 heavy (non-hydrogen) atoms. The maximum absolute atomic E-state index is 15.2. The Labute approximate surface area is 204 Å². The molecule has 1 amide bonds. The summed E-state index contributed by atoms with van der Waals surface area (Å²) >= 11 is 0. The van der Waals surface area contributed by atoms with E-state index < -0.39 is 0 Å². The van der Waals surface area contributed by atoms with Crippen molar-refractivity contribution in [2.75, 3.05) is 6.54 Å². The lowest BCUT2D eigenvalue weighted by Gasteiger charge is -2.27. The van der Waals surface area contributed by atoms with E-state index >= 15 is 4.39 Å². The molecule has 5 rings (SSSR count). The maximum atomic E-state index is 15.2. The number of amides is 1. The largest absolute Gasteiger partial charge is 0.338 e. The molecule has 0 aliphatic carbocycles. The SMILES string of the molecule is CCc1cc(C(=O)N2CCCCCC2C)nc2cc(-c3ccc(-c4cn(C)c(C)n4)cc3F)nn12. The second-order valence-electron chi connectivity index (χ2n) is 9.46. The molecule has 7 nitrogen and oxygen atoms in total. The van der Waals surface area contributed by atoms with Crippen LogP contribution in [0.3, 0.4) is 0 Å². The molecule has 0 saturated carbocycles. The highest BCUT2D eigenvalue weighted by molar-refractivity contribution is 5.93. The topological polar surface area (TPSA) is 68.3 Å². The first-order chi connectivity index (χ1) is 16.9. The predicted octanol–water partition coefficient (Wildman–Crippen LogP) is 5.21. The normalized spacial score (nSPS) is 16.6. The number of carbonyl (C=O) groups excluding carboxylic acids is 1. The third kappa shape index (κ3) is 4.33. The van der Waals surface area contributed by atoms with Crippen molar-refractivity contribution in [3.63, 3.8) is 0 Å². The zero-order valence-electron chi connectivity index (χ0n) is 20.8. The van der Waals surface area contributed by atoms with Crippen LogP contribution in [0.25, 0.3) is 28.2 Å². The minimum Gasteiger partial charge on any atom is -0.338 e. The van der Waals surface area contributed by atoms with Crippen LogP contribution in [0.4, 0.5) is 4.39 Å². The summed E-state index contributed by atoms with van der Waals surface area (Å²) in [4.78, 5) is 24.5. The molecule has 3 aromatic heterocycles. The number of rotatable bonds is 4. The average Bonchev–Trinajstić information content (AvgIpc) is 3.35. The number of imidazole rings is 1. The highest BCUT2D eigenvalue weighted by atomic mass is 19.1. The summed E-state index contributed by atoms with van der Waals surface area (Å²) in [6.45, 7) is 6.79. The summed E-state index contributed by atoms with van der Waals surface area (Å²) in [6.07, 6.45) is 6.89. The number of halogens is 1. The molecule has 4 heterocycles. The Bertz CT molecular complexity index is 1380. The van der Waals surface area contributed by atoms with Gasteiger partial charge in [0, 0.05) is 48.7 Å². The van der Waals surface area contributed by atoms with Gasteiger partial charge in [-0.1, -0.05) is 25.8 Å². The molecule has 1 aliphatic rings. The molecular weight excluding hydrogens is 443 g/mol. The Balaban J connectivity index is 1.51. The monoisotopic (exact) mass is 474 g/mol. The number of carbonyl (C=O) groups is 1. The second kappa shape index (κ2) is 9.24.